The first kappa shape index (κ1) is 31.6. The maximum atomic E-state index is 13.1. The monoisotopic (exact) mass is 639 g/mol. The molecule has 2 aliphatic heterocycles. The van der Waals surface area contributed by atoms with Gasteiger partial charge in [0, 0.05) is 68.7 Å². The summed E-state index contributed by atoms with van der Waals surface area (Å²) in [7, 11) is 5.79. The van der Waals surface area contributed by atoms with E-state index in [9.17, 15) is 4.79 Å². The molecule has 1 amide bonds. The van der Waals surface area contributed by atoms with E-state index < -0.39 is 5.41 Å². The van der Waals surface area contributed by atoms with Gasteiger partial charge in [-0.05, 0) is 67.9 Å². The Morgan fingerprint density at radius 1 is 0.875 bits per heavy atom. The lowest BCUT2D eigenvalue weighted by molar-refractivity contribution is -0.128. The fourth-order valence-electron chi connectivity index (χ4n) is 6.91. The molecule has 2 aromatic heterocycles. The Bertz CT molecular complexity index is 2060. The van der Waals surface area contributed by atoms with E-state index >= 15 is 0 Å². The van der Waals surface area contributed by atoms with Crippen LogP contribution in [0.4, 0.5) is 17.1 Å². The minimum atomic E-state index is -0.409. The number of aryl methyl sites for hydroxylation is 2. The molecular formula is C40H45N7O. The standard InChI is InChI=1S/C40H45N7O/c1-26-12-15-29(38-35(24-37(48)44(5)6)47-25-27(2)13-17-36(47)43-38)31(22-26)40(3,4)28-14-16-33-34(23-28)42-39(46-20-18-45(7)19-21-46)30-10-8-9-11-32(30)41-33/h8-17,22-23,25,41H,18-21,24H2,1-7H3. The molecule has 2 aliphatic rings. The Morgan fingerprint density at radius 3 is 2.40 bits per heavy atom. The Kier molecular flexibility index (Phi) is 8.08. The van der Waals surface area contributed by atoms with Crippen molar-refractivity contribution < 1.29 is 4.79 Å². The highest BCUT2D eigenvalue weighted by Gasteiger charge is 2.31. The lowest BCUT2D eigenvalue weighted by Crippen LogP contribution is -2.47. The zero-order valence-electron chi connectivity index (χ0n) is 29.1. The first-order chi connectivity index (χ1) is 23.0. The molecule has 246 valence electrons. The van der Waals surface area contributed by atoms with E-state index in [-0.39, 0.29) is 12.3 Å². The van der Waals surface area contributed by atoms with Crippen molar-refractivity contribution in [3.8, 4) is 11.3 Å². The van der Waals surface area contributed by atoms with Crippen molar-refractivity contribution >= 4 is 34.5 Å². The smallest absolute Gasteiger partial charge is 0.228 e. The van der Waals surface area contributed by atoms with Gasteiger partial charge in [-0.1, -0.05) is 61.9 Å². The number of hydrogen-bond acceptors (Lipinski definition) is 6. The van der Waals surface area contributed by atoms with E-state index in [1.165, 1.54) is 5.56 Å². The number of aliphatic imine (C=N–C) groups is 1. The number of piperazine rings is 1. The quantitative estimate of drug-likeness (QED) is 0.225. The Labute approximate surface area is 283 Å². The van der Waals surface area contributed by atoms with Crippen molar-refractivity contribution in [3.63, 3.8) is 0 Å². The number of amides is 1. The second-order valence-electron chi connectivity index (χ2n) is 14.1. The molecule has 0 saturated carbocycles. The third-order valence-corrected chi connectivity index (χ3v) is 9.97. The lowest BCUT2D eigenvalue weighted by atomic mass is 9.74. The van der Waals surface area contributed by atoms with Gasteiger partial charge in [-0.15, -0.1) is 0 Å². The van der Waals surface area contributed by atoms with Gasteiger partial charge in [0.05, 0.1) is 29.2 Å². The number of fused-ring (bicyclic) bond motifs is 3. The van der Waals surface area contributed by atoms with Crippen LogP contribution in [0.2, 0.25) is 0 Å². The van der Waals surface area contributed by atoms with Crippen molar-refractivity contribution in [1.82, 2.24) is 24.1 Å². The van der Waals surface area contributed by atoms with Gasteiger partial charge in [-0.3, -0.25) is 4.79 Å². The highest BCUT2D eigenvalue weighted by molar-refractivity contribution is 6.07. The molecule has 8 nitrogen and oxygen atoms in total. The number of benzene rings is 3. The second-order valence-corrected chi connectivity index (χ2v) is 14.1. The number of para-hydroxylation sites is 1. The van der Waals surface area contributed by atoms with Crippen LogP contribution in [-0.2, 0) is 16.6 Å². The third kappa shape index (κ3) is 5.75. The normalized spacial score (nSPS) is 15.0. The summed E-state index contributed by atoms with van der Waals surface area (Å²) in [5.41, 5.74) is 12.0. The van der Waals surface area contributed by atoms with Crippen LogP contribution in [0.25, 0.3) is 16.9 Å². The molecule has 7 rings (SSSR count). The van der Waals surface area contributed by atoms with Gasteiger partial charge in [0.1, 0.15) is 11.5 Å². The summed E-state index contributed by atoms with van der Waals surface area (Å²) in [6.07, 6.45) is 2.34. The first-order valence-electron chi connectivity index (χ1n) is 16.8. The molecule has 8 heteroatoms. The number of hydrogen-bond donors (Lipinski definition) is 1. The number of anilines is 2. The van der Waals surface area contributed by atoms with Crippen LogP contribution in [0.5, 0.6) is 0 Å². The van der Waals surface area contributed by atoms with Crippen LogP contribution in [0.1, 0.15) is 47.4 Å². The highest BCUT2D eigenvalue weighted by atomic mass is 16.2. The predicted molar refractivity (Wildman–Crippen MR) is 196 cm³/mol. The number of nitrogens with zero attached hydrogens (tertiary/aromatic N) is 6. The molecule has 0 atom stereocenters. The number of pyridine rings is 1. The molecular weight excluding hydrogens is 594 g/mol. The van der Waals surface area contributed by atoms with Crippen molar-refractivity contribution in [2.75, 3.05) is 52.6 Å². The molecule has 48 heavy (non-hydrogen) atoms. The maximum Gasteiger partial charge on any atom is 0.228 e. The van der Waals surface area contributed by atoms with Gasteiger partial charge in [0.2, 0.25) is 5.91 Å². The number of amidine groups is 1. The fourth-order valence-corrected chi connectivity index (χ4v) is 6.91. The van der Waals surface area contributed by atoms with E-state index in [4.69, 9.17) is 9.98 Å². The van der Waals surface area contributed by atoms with Gasteiger partial charge in [-0.25, -0.2) is 9.98 Å². The predicted octanol–water partition coefficient (Wildman–Crippen LogP) is 6.96. The Morgan fingerprint density at radius 2 is 1.62 bits per heavy atom. The Hall–Kier alpha value is -4.95. The van der Waals surface area contributed by atoms with Crippen molar-refractivity contribution in [1.29, 1.82) is 0 Å². The van der Waals surface area contributed by atoms with Crippen LogP contribution in [0.15, 0.2) is 84.0 Å². The van der Waals surface area contributed by atoms with Gasteiger partial charge < -0.3 is 24.4 Å². The average Bonchev–Trinajstić information content (AvgIpc) is 3.31. The van der Waals surface area contributed by atoms with Crippen molar-refractivity contribution in [3.05, 3.63) is 113 Å². The summed E-state index contributed by atoms with van der Waals surface area (Å²) < 4.78 is 2.09. The van der Waals surface area contributed by atoms with Gasteiger partial charge in [-0.2, -0.15) is 0 Å². The van der Waals surface area contributed by atoms with Gasteiger partial charge in [0.15, 0.2) is 0 Å². The summed E-state index contributed by atoms with van der Waals surface area (Å²) in [6.45, 7) is 12.7. The van der Waals surface area contributed by atoms with E-state index in [2.05, 4.69) is 127 Å². The summed E-state index contributed by atoms with van der Waals surface area (Å²) in [4.78, 5) is 30.1. The summed E-state index contributed by atoms with van der Waals surface area (Å²) in [5.74, 6) is 1.06. The van der Waals surface area contributed by atoms with Crippen molar-refractivity contribution in [2.24, 2.45) is 4.99 Å². The number of carbonyl (C=O) groups excluding carboxylic acids is 1. The molecule has 1 saturated heterocycles. The second kappa shape index (κ2) is 12.3. The molecule has 0 unspecified atom stereocenters. The molecule has 1 N–H and O–H groups in total. The molecule has 3 aromatic carbocycles. The number of aromatic nitrogens is 2. The highest BCUT2D eigenvalue weighted by Crippen LogP contribution is 2.43. The third-order valence-electron chi connectivity index (χ3n) is 9.97. The maximum absolute atomic E-state index is 13.1. The Balaban J connectivity index is 1.36. The van der Waals surface area contributed by atoms with Crippen molar-refractivity contribution in [2.45, 2.75) is 39.5 Å². The number of rotatable bonds is 5. The number of nitrogens with one attached hydrogen (secondary N) is 1. The minimum Gasteiger partial charge on any atom is -0.353 e. The fraction of sp³-hybridized carbons (Fsp3) is 0.325. The zero-order valence-corrected chi connectivity index (χ0v) is 29.1. The van der Waals surface area contributed by atoms with E-state index in [1.54, 1.807) is 19.0 Å². The molecule has 0 bridgehead atoms. The number of carbonyl (C=O) groups is 1. The zero-order chi connectivity index (χ0) is 33.7. The number of imidazole rings is 1. The molecule has 4 heterocycles. The molecule has 5 aromatic rings. The number of likely N-dealkylation sites (N-methyl/N-ethyl adjacent to an activating group) is 2. The summed E-state index contributed by atoms with van der Waals surface area (Å²) in [6, 6.07) is 25.8. The first-order valence-corrected chi connectivity index (χ1v) is 16.8. The van der Waals surface area contributed by atoms with E-state index in [0.717, 1.165) is 93.9 Å². The summed E-state index contributed by atoms with van der Waals surface area (Å²) >= 11 is 0. The molecule has 0 radical (unpaired) electrons. The average molecular weight is 640 g/mol. The van der Waals surface area contributed by atoms with E-state index in [1.807, 2.05) is 6.07 Å². The largest absolute Gasteiger partial charge is 0.353 e. The van der Waals surface area contributed by atoms with Gasteiger partial charge in [0.25, 0.3) is 0 Å². The molecule has 1 fully saturated rings. The topological polar surface area (TPSA) is 68.5 Å². The molecule has 0 aliphatic carbocycles. The van der Waals surface area contributed by atoms with Crippen LogP contribution < -0.4 is 5.32 Å². The lowest BCUT2D eigenvalue weighted by Gasteiger charge is -2.34. The molecule has 0 spiro atoms. The van der Waals surface area contributed by atoms with Crippen LogP contribution in [-0.4, -0.2) is 83.1 Å². The van der Waals surface area contributed by atoms with Gasteiger partial charge >= 0.3 is 0 Å². The van der Waals surface area contributed by atoms with E-state index in [0.29, 0.717) is 0 Å². The van der Waals surface area contributed by atoms with Crippen LogP contribution in [0.3, 0.4) is 0 Å². The summed E-state index contributed by atoms with van der Waals surface area (Å²) in [5, 5.41) is 3.70. The van der Waals surface area contributed by atoms with Crippen LogP contribution in [0, 0.1) is 13.8 Å². The SMILES string of the molecule is Cc1ccc(-c2nc3ccc(C)cn3c2CC(=O)N(C)C)c(C(C)(C)c2ccc3c(c2)N=C(N2CCN(C)CC2)c2ccccc2N3)c1. The van der Waals surface area contributed by atoms with Crippen LogP contribution >= 0.6 is 0 Å². The minimum absolute atomic E-state index is 0.0424.